The van der Waals surface area contributed by atoms with E-state index >= 15 is 0 Å². The Kier molecular flexibility index (Phi) is 5.28. The zero-order chi connectivity index (χ0) is 16.9. The molecule has 2 unspecified atom stereocenters. The van der Waals surface area contributed by atoms with E-state index in [0.29, 0.717) is 12.3 Å². The van der Waals surface area contributed by atoms with E-state index in [2.05, 4.69) is 22.4 Å². The number of benzene rings is 1. The number of hydrogen-bond donors (Lipinski definition) is 1. The third-order valence-electron chi connectivity index (χ3n) is 4.81. The number of carbonyl (C=O) groups is 1. The van der Waals surface area contributed by atoms with Crippen molar-refractivity contribution in [1.29, 1.82) is 0 Å². The van der Waals surface area contributed by atoms with Crippen molar-refractivity contribution >= 4 is 11.6 Å². The van der Waals surface area contributed by atoms with Crippen molar-refractivity contribution in [2.75, 3.05) is 32.2 Å². The molecular weight excluding hydrogens is 304 g/mol. The molecule has 5 nitrogen and oxygen atoms in total. The second kappa shape index (κ2) is 7.60. The Labute approximate surface area is 143 Å². The molecule has 130 valence electrons. The van der Waals surface area contributed by atoms with Crippen LogP contribution in [0, 0.1) is 5.92 Å². The van der Waals surface area contributed by atoms with E-state index in [1.807, 2.05) is 18.2 Å². The lowest BCUT2D eigenvalue weighted by atomic mass is 10.0. The van der Waals surface area contributed by atoms with E-state index in [0.717, 1.165) is 49.5 Å². The van der Waals surface area contributed by atoms with Crippen LogP contribution in [0.5, 0.6) is 11.5 Å². The Bertz CT molecular complexity index is 592. The highest BCUT2D eigenvalue weighted by Gasteiger charge is 2.25. The Morgan fingerprint density at radius 3 is 2.58 bits per heavy atom. The minimum atomic E-state index is 0.168. The fourth-order valence-electron chi connectivity index (χ4n) is 3.48. The second-order valence-electron chi connectivity index (χ2n) is 6.54. The minimum Gasteiger partial charge on any atom is -0.497 e. The number of nitrogens with zero attached hydrogens (tertiary/aromatic N) is 1. The van der Waals surface area contributed by atoms with E-state index in [1.165, 1.54) is 0 Å². The number of hydrogen-bond acceptors (Lipinski definition) is 4. The molecule has 1 aromatic rings. The first-order chi connectivity index (χ1) is 11.7. The Hall–Kier alpha value is -2.17. The first-order valence-corrected chi connectivity index (χ1v) is 8.62. The van der Waals surface area contributed by atoms with Gasteiger partial charge >= 0.3 is 0 Å². The molecule has 1 aliphatic carbocycles. The smallest absolute Gasteiger partial charge is 0.220 e. The summed E-state index contributed by atoms with van der Waals surface area (Å²) in [6.07, 6.45) is 8.13. The molecule has 0 bridgehead atoms. The van der Waals surface area contributed by atoms with Crippen molar-refractivity contribution in [2.24, 2.45) is 5.92 Å². The van der Waals surface area contributed by atoms with Crippen LogP contribution in [0.2, 0.25) is 0 Å². The monoisotopic (exact) mass is 330 g/mol. The fraction of sp³-hybridized carbons (Fsp3) is 0.526. The highest BCUT2D eigenvalue weighted by molar-refractivity contribution is 5.77. The van der Waals surface area contributed by atoms with Crippen molar-refractivity contribution in [1.82, 2.24) is 5.32 Å². The normalized spacial score (nSPS) is 22.7. The van der Waals surface area contributed by atoms with Crippen molar-refractivity contribution < 1.29 is 14.3 Å². The summed E-state index contributed by atoms with van der Waals surface area (Å²) in [4.78, 5) is 14.5. The van der Waals surface area contributed by atoms with Crippen molar-refractivity contribution in [3.63, 3.8) is 0 Å². The van der Waals surface area contributed by atoms with Gasteiger partial charge < -0.3 is 19.7 Å². The quantitative estimate of drug-likeness (QED) is 0.815. The SMILES string of the molecule is COc1cc(OC)cc(N2CCC(NC(=O)CC3C=CCC3)C2)c1. The van der Waals surface area contributed by atoms with E-state index in [-0.39, 0.29) is 11.9 Å². The number of anilines is 1. The molecule has 3 rings (SSSR count). The minimum absolute atomic E-state index is 0.168. The van der Waals surface area contributed by atoms with E-state index < -0.39 is 0 Å². The number of allylic oxidation sites excluding steroid dienone is 2. The number of amides is 1. The third kappa shape index (κ3) is 4.02. The van der Waals surface area contributed by atoms with Gasteiger partial charge in [-0.3, -0.25) is 4.79 Å². The average molecular weight is 330 g/mol. The molecule has 1 fully saturated rings. The molecule has 1 heterocycles. The zero-order valence-electron chi connectivity index (χ0n) is 14.5. The summed E-state index contributed by atoms with van der Waals surface area (Å²) in [7, 11) is 3.31. The van der Waals surface area contributed by atoms with Crippen LogP contribution < -0.4 is 19.7 Å². The molecule has 0 saturated carbocycles. The summed E-state index contributed by atoms with van der Waals surface area (Å²) >= 11 is 0. The van der Waals surface area contributed by atoms with Crippen LogP contribution in [0.4, 0.5) is 5.69 Å². The molecule has 0 spiro atoms. The molecule has 1 aliphatic heterocycles. The molecule has 24 heavy (non-hydrogen) atoms. The Balaban J connectivity index is 1.56. The van der Waals surface area contributed by atoms with Gasteiger partial charge in [0.2, 0.25) is 5.91 Å². The van der Waals surface area contributed by atoms with Crippen LogP contribution in [0.1, 0.15) is 25.7 Å². The van der Waals surface area contributed by atoms with Gasteiger partial charge in [-0.25, -0.2) is 0 Å². The lowest BCUT2D eigenvalue weighted by Gasteiger charge is -2.21. The third-order valence-corrected chi connectivity index (χ3v) is 4.81. The van der Waals surface area contributed by atoms with Crippen LogP contribution in [0.15, 0.2) is 30.4 Å². The maximum Gasteiger partial charge on any atom is 0.220 e. The van der Waals surface area contributed by atoms with E-state index in [9.17, 15) is 4.79 Å². The summed E-state index contributed by atoms with van der Waals surface area (Å²) in [6.45, 7) is 1.74. The standard InChI is InChI=1S/C19H26N2O3/c1-23-17-10-16(11-18(12-17)24-2)21-8-7-15(13-21)20-19(22)9-14-5-3-4-6-14/h3,5,10-12,14-15H,4,6-9,13H2,1-2H3,(H,20,22). The highest BCUT2D eigenvalue weighted by atomic mass is 16.5. The highest BCUT2D eigenvalue weighted by Crippen LogP contribution is 2.30. The second-order valence-corrected chi connectivity index (χ2v) is 6.54. The molecule has 1 saturated heterocycles. The lowest BCUT2D eigenvalue weighted by molar-refractivity contribution is -0.122. The van der Waals surface area contributed by atoms with E-state index in [4.69, 9.17) is 9.47 Å². The van der Waals surface area contributed by atoms with Crippen LogP contribution in [-0.4, -0.2) is 39.3 Å². The van der Waals surface area contributed by atoms with Gasteiger partial charge in [0, 0.05) is 49.4 Å². The molecule has 2 atom stereocenters. The van der Waals surface area contributed by atoms with Gasteiger partial charge in [-0.05, 0) is 25.2 Å². The van der Waals surface area contributed by atoms with Crippen molar-refractivity contribution in [2.45, 2.75) is 31.7 Å². The predicted molar refractivity (Wildman–Crippen MR) is 94.8 cm³/mol. The van der Waals surface area contributed by atoms with Gasteiger partial charge in [-0.1, -0.05) is 12.2 Å². The van der Waals surface area contributed by atoms with Crippen molar-refractivity contribution in [3.05, 3.63) is 30.4 Å². The van der Waals surface area contributed by atoms with Crippen LogP contribution in [0.25, 0.3) is 0 Å². The van der Waals surface area contributed by atoms with Gasteiger partial charge in [-0.2, -0.15) is 0 Å². The molecule has 2 aliphatic rings. The molecule has 0 aromatic heterocycles. The molecule has 0 radical (unpaired) electrons. The molecule has 5 heteroatoms. The maximum atomic E-state index is 12.2. The van der Waals surface area contributed by atoms with Gasteiger partial charge in [0.1, 0.15) is 11.5 Å². The number of rotatable bonds is 6. The van der Waals surface area contributed by atoms with Gasteiger partial charge in [0.15, 0.2) is 0 Å². The van der Waals surface area contributed by atoms with Crippen LogP contribution in [0.3, 0.4) is 0 Å². The first-order valence-electron chi connectivity index (χ1n) is 8.62. The first kappa shape index (κ1) is 16.7. The molecule has 1 N–H and O–H groups in total. The van der Waals surface area contributed by atoms with Crippen LogP contribution >= 0.6 is 0 Å². The van der Waals surface area contributed by atoms with Gasteiger partial charge in [0.05, 0.1) is 14.2 Å². The lowest BCUT2D eigenvalue weighted by Crippen LogP contribution is -2.37. The fourth-order valence-corrected chi connectivity index (χ4v) is 3.48. The predicted octanol–water partition coefficient (Wildman–Crippen LogP) is 2.76. The number of nitrogens with one attached hydrogen (secondary N) is 1. The summed E-state index contributed by atoms with van der Waals surface area (Å²) in [5.41, 5.74) is 1.07. The average Bonchev–Trinajstić information content (AvgIpc) is 3.26. The summed E-state index contributed by atoms with van der Waals surface area (Å²) in [5, 5.41) is 3.19. The Morgan fingerprint density at radius 1 is 1.21 bits per heavy atom. The summed E-state index contributed by atoms with van der Waals surface area (Å²) in [5.74, 6) is 2.15. The zero-order valence-corrected chi connectivity index (χ0v) is 14.5. The Morgan fingerprint density at radius 2 is 1.96 bits per heavy atom. The molecule has 1 aromatic carbocycles. The number of methoxy groups -OCH3 is 2. The molecular formula is C19H26N2O3. The maximum absolute atomic E-state index is 12.2. The summed E-state index contributed by atoms with van der Waals surface area (Å²) in [6, 6.07) is 6.10. The molecule has 1 amide bonds. The number of carbonyl (C=O) groups excluding carboxylic acids is 1. The topological polar surface area (TPSA) is 50.8 Å². The van der Waals surface area contributed by atoms with E-state index in [1.54, 1.807) is 14.2 Å². The van der Waals surface area contributed by atoms with Crippen LogP contribution in [-0.2, 0) is 4.79 Å². The number of ether oxygens (including phenoxy) is 2. The summed E-state index contributed by atoms with van der Waals surface area (Å²) < 4.78 is 10.7. The largest absolute Gasteiger partial charge is 0.497 e. The van der Waals surface area contributed by atoms with Crippen molar-refractivity contribution in [3.8, 4) is 11.5 Å². The van der Waals surface area contributed by atoms with Gasteiger partial charge in [0.25, 0.3) is 0 Å². The van der Waals surface area contributed by atoms with Gasteiger partial charge in [-0.15, -0.1) is 0 Å².